The van der Waals surface area contributed by atoms with E-state index in [0.717, 1.165) is 16.2 Å². The van der Waals surface area contributed by atoms with Crippen LogP contribution in [0, 0.1) is 10.1 Å². The highest BCUT2D eigenvalue weighted by molar-refractivity contribution is 6.08. The van der Waals surface area contributed by atoms with Crippen LogP contribution in [0.25, 0.3) is 21.7 Å². The number of nitro benzene ring substituents is 1. The number of fused-ring (bicyclic) bond motifs is 3. The first-order valence-electron chi connectivity index (χ1n) is 9.62. The van der Waals surface area contributed by atoms with Gasteiger partial charge in [0.25, 0.3) is 11.6 Å². The average molecular weight is 434 g/mol. The Labute approximate surface area is 181 Å². The molecule has 1 N–H and O–H groups in total. The van der Waals surface area contributed by atoms with Gasteiger partial charge in [0, 0.05) is 10.9 Å². The minimum Gasteiger partial charge on any atom is -0.496 e. The predicted octanol–water partition coefficient (Wildman–Crippen LogP) is 4.23. The predicted molar refractivity (Wildman–Crippen MR) is 117 cm³/mol. The van der Waals surface area contributed by atoms with Crippen molar-refractivity contribution in [2.45, 2.75) is 6.42 Å². The van der Waals surface area contributed by atoms with Gasteiger partial charge in [0.1, 0.15) is 17.0 Å². The zero-order valence-electron chi connectivity index (χ0n) is 17.0. The fourth-order valence-corrected chi connectivity index (χ4v) is 3.44. The van der Waals surface area contributed by atoms with Gasteiger partial charge in [0.15, 0.2) is 6.61 Å². The second-order valence-electron chi connectivity index (χ2n) is 6.95. The number of esters is 1. The lowest BCUT2D eigenvalue weighted by atomic mass is 10.0. The van der Waals surface area contributed by atoms with E-state index in [0.29, 0.717) is 11.1 Å². The molecule has 1 heterocycles. The summed E-state index contributed by atoms with van der Waals surface area (Å²) in [4.78, 5) is 35.1. The largest absolute Gasteiger partial charge is 0.496 e. The van der Waals surface area contributed by atoms with Gasteiger partial charge in [0.2, 0.25) is 0 Å². The van der Waals surface area contributed by atoms with Crippen LogP contribution >= 0.6 is 0 Å². The molecular weight excluding hydrogens is 416 g/mol. The molecule has 0 spiro atoms. The van der Waals surface area contributed by atoms with Gasteiger partial charge < -0.3 is 19.2 Å². The third-order valence-electron chi connectivity index (χ3n) is 4.91. The van der Waals surface area contributed by atoms with E-state index >= 15 is 0 Å². The van der Waals surface area contributed by atoms with Crippen molar-refractivity contribution < 1.29 is 28.4 Å². The van der Waals surface area contributed by atoms with E-state index in [1.165, 1.54) is 31.6 Å². The van der Waals surface area contributed by atoms with Crippen molar-refractivity contribution in [1.82, 2.24) is 0 Å². The molecule has 0 bridgehead atoms. The maximum Gasteiger partial charge on any atom is 0.310 e. The monoisotopic (exact) mass is 434 g/mol. The highest BCUT2D eigenvalue weighted by Gasteiger charge is 2.19. The van der Waals surface area contributed by atoms with Crippen LogP contribution in [0.5, 0.6) is 5.75 Å². The number of rotatable bonds is 7. The summed E-state index contributed by atoms with van der Waals surface area (Å²) in [5.41, 5.74) is 0.939. The summed E-state index contributed by atoms with van der Waals surface area (Å²) in [6, 6.07) is 15.5. The Morgan fingerprint density at radius 1 is 1.12 bits per heavy atom. The molecule has 0 unspecified atom stereocenters. The molecule has 3 aromatic carbocycles. The molecule has 1 aromatic heterocycles. The molecule has 32 heavy (non-hydrogen) atoms. The highest BCUT2D eigenvalue weighted by atomic mass is 16.6. The SMILES string of the molecule is COc1ccc(NC(=O)COC(=O)Cc2coc3ccc4ccccc4c23)c([N+](=O)[O-])c1. The second kappa shape index (κ2) is 8.76. The van der Waals surface area contributed by atoms with Crippen molar-refractivity contribution in [3.8, 4) is 5.75 Å². The van der Waals surface area contributed by atoms with Gasteiger partial charge in [-0.25, -0.2) is 0 Å². The lowest BCUT2D eigenvalue weighted by molar-refractivity contribution is -0.384. The Morgan fingerprint density at radius 3 is 2.72 bits per heavy atom. The molecule has 4 aromatic rings. The van der Waals surface area contributed by atoms with E-state index in [1.807, 2.05) is 36.4 Å². The summed E-state index contributed by atoms with van der Waals surface area (Å²) in [6.07, 6.45) is 1.41. The lowest BCUT2D eigenvalue weighted by Crippen LogP contribution is -2.22. The standard InChI is InChI=1S/C23H18N2O7/c1-30-16-7-8-18(19(11-16)25(28)29)24-21(26)13-32-22(27)10-15-12-31-20-9-6-14-4-2-3-5-17(14)23(15)20/h2-9,11-12H,10,13H2,1H3,(H,24,26). The quantitative estimate of drug-likeness (QED) is 0.262. The zero-order valence-corrected chi connectivity index (χ0v) is 17.0. The summed E-state index contributed by atoms with van der Waals surface area (Å²) >= 11 is 0. The van der Waals surface area contributed by atoms with E-state index < -0.39 is 23.4 Å². The van der Waals surface area contributed by atoms with Crippen molar-refractivity contribution in [1.29, 1.82) is 0 Å². The maximum absolute atomic E-state index is 12.3. The fraction of sp³-hybridized carbons (Fsp3) is 0.130. The number of ether oxygens (including phenoxy) is 2. The van der Waals surface area contributed by atoms with Crippen LogP contribution in [0.2, 0.25) is 0 Å². The van der Waals surface area contributed by atoms with E-state index in [2.05, 4.69) is 5.32 Å². The Bertz CT molecular complexity index is 1340. The van der Waals surface area contributed by atoms with Gasteiger partial charge in [-0.05, 0) is 29.0 Å². The molecule has 0 saturated carbocycles. The Hall–Kier alpha value is -4.40. The van der Waals surface area contributed by atoms with Gasteiger partial charge in [-0.15, -0.1) is 0 Å². The van der Waals surface area contributed by atoms with Crippen LogP contribution in [0.1, 0.15) is 5.56 Å². The van der Waals surface area contributed by atoms with Gasteiger partial charge in [0.05, 0.1) is 30.8 Å². The Kier molecular flexibility index (Phi) is 5.71. The molecule has 0 fully saturated rings. The third-order valence-corrected chi connectivity index (χ3v) is 4.91. The molecule has 1 amide bonds. The molecule has 0 aliphatic carbocycles. The first kappa shape index (κ1) is 20.9. The third kappa shape index (κ3) is 4.22. The molecule has 0 aliphatic rings. The first-order valence-corrected chi connectivity index (χ1v) is 9.62. The summed E-state index contributed by atoms with van der Waals surface area (Å²) in [5, 5.41) is 16.4. The number of furan rings is 1. The lowest BCUT2D eigenvalue weighted by Gasteiger charge is -2.08. The topological polar surface area (TPSA) is 121 Å². The summed E-state index contributed by atoms with van der Waals surface area (Å²) < 4.78 is 15.6. The number of hydrogen-bond acceptors (Lipinski definition) is 7. The molecule has 9 heteroatoms. The van der Waals surface area contributed by atoms with E-state index in [9.17, 15) is 19.7 Å². The molecule has 162 valence electrons. The van der Waals surface area contributed by atoms with Crippen LogP contribution in [0.15, 0.2) is 65.3 Å². The Morgan fingerprint density at radius 2 is 1.94 bits per heavy atom. The van der Waals surface area contributed by atoms with Crippen molar-refractivity contribution in [3.05, 3.63) is 76.5 Å². The smallest absolute Gasteiger partial charge is 0.310 e. The van der Waals surface area contributed by atoms with Crippen molar-refractivity contribution in [2.75, 3.05) is 19.0 Å². The molecular formula is C23H18N2O7. The number of anilines is 1. The summed E-state index contributed by atoms with van der Waals surface area (Å²) in [6.45, 7) is -0.585. The first-order chi connectivity index (χ1) is 15.5. The Balaban J connectivity index is 1.42. The molecule has 9 nitrogen and oxygen atoms in total. The summed E-state index contributed by atoms with van der Waals surface area (Å²) in [5.74, 6) is -1.05. The van der Waals surface area contributed by atoms with Crippen LogP contribution in [0.4, 0.5) is 11.4 Å². The minimum atomic E-state index is -0.700. The summed E-state index contributed by atoms with van der Waals surface area (Å²) in [7, 11) is 1.38. The fourth-order valence-electron chi connectivity index (χ4n) is 3.44. The second-order valence-corrected chi connectivity index (χ2v) is 6.95. The van der Waals surface area contributed by atoms with Crippen molar-refractivity contribution in [2.24, 2.45) is 0 Å². The van der Waals surface area contributed by atoms with Crippen LogP contribution in [0.3, 0.4) is 0 Å². The highest BCUT2D eigenvalue weighted by Crippen LogP contribution is 2.31. The molecule has 0 radical (unpaired) electrons. The average Bonchev–Trinajstić information content (AvgIpc) is 3.21. The van der Waals surface area contributed by atoms with E-state index in [-0.39, 0.29) is 23.5 Å². The number of nitrogens with zero attached hydrogens (tertiary/aromatic N) is 1. The van der Waals surface area contributed by atoms with Gasteiger partial charge >= 0.3 is 5.97 Å². The number of methoxy groups -OCH3 is 1. The molecule has 0 saturated heterocycles. The van der Waals surface area contributed by atoms with Crippen LogP contribution in [-0.2, 0) is 20.7 Å². The number of amides is 1. The van der Waals surface area contributed by atoms with Crippen molar-refractivity contribution >= 4 is 45.0 Å². The number of carbonyl (C=O) groups excluding carboxylic acids is 2. The van der Waals surface area contributed by atoms with Gasteiger partial charge in [-0.2, -0.15) is 0 Å². The molecule has 0 aliphatic heterocycles. The number of nitro groups is 1. The van der Waals surface area contributed by atoms with Gasteiger partial charge in [-0.3, -0.25) is 19.7 Å². The minimum absolute atomic E-state index is 0.0239. The molecule has 0 atom stereocenters. The number of carbonyl (C=O) groups is 2. The zero-order chi connectivity index (χ0) is 22.7. The van der Waals surface area contributed by atoms with Crippen LogP contribution in [-0.4, -0.2) is 30.5 Å². The number of hydrogen-bond donors (Lipinski definition) is 1. The van der Waals surface area contributed by atoms with E-state index in [4.69, 9.17) is 13.9 Å². The van der Waals surface area contributed by atoms with Crippen molar-refractivity contribution in [3.63, 3.8) is 0 Å². The number of nitrogens with one attached hydrogen (secondary N) is 1. The normalized spacial score (nSPS) is 10.8. The van der Waals surface area contributed by atoms with Crippen LogP contribution < -0.4 is 10.1 Å². The molecule has 4 rings (SSSR count). The van der Waals surface area contributed by atoms with E-state index in [1.54, 1.807) is 0 Å². The maximum atomic E-state index is 12.3. The van der Waals surface area contributed by atoms with Gasteiger partial charge in [-0.1, -0.05) is 30.3 Å². The number of benzene rings is 3.